The molecule has 2 rings (SSSR count). The van der Waals surface area contributed by atoms with Crippen LogP contribution < -0.4 is 0 Å². The van der Waals surface area contributed by atoms with Crippen LogP contribution in [0.1, 0.15) is 37.2 Å². The van der Waals surface area contributed by atoms with E-state index in [1.807, 2.05) is 45.0 Å². The van der Waals surface area contributed by atoms with Gasteiger partial charge in [0, 0.05) is 4.88 Å². The zero-order valence-corrected chi connectivity index (χ0v) is 12.0. The van der Waals surface area contributed by atoms with E-state index < -0.39 is 5.92 Å². The van der Waals surface area contributed by atoms with E-state index in [0.717, 1.165) is 16.0 Å². The zero-order valence-electron chi connectivity index (χ0n) is 11.2. The van der Waals surface area contributed by atoms with Gasteiger partial charge in [-0.1, -0.05) is 18.2 Å². The van der Waals surface area contributed by atoms with Gasteiger partial charge >= 0.3 is 0 Å². The van der Waals surface area contributed by atoms with Crippen LogP contribution in [0.2, 0.25) is 0 Å². The Morgan fingerprint density at radius 1 is 1.16 bits per heavy atom. The topological polar surface area (TPSA) is 40.9 Å². The average molecular weight is 269 g/mol. The lowest BCUT2D eigenvalue weighted by atomic mass is 9.93. The second-order valence-electron chi connectivity index (χ2n) is 4.68. The van der Waals surface area contributed by atoms with Crippen molar-refractivity contribution >= 4 is 17.1 Å². The van der Waals surface area contributed by atoms with Gasteiger partial charge in [-0.3, -0.25) is 4.79 Å². The number of hydrogen-bond acceptors (Lipinski definition) is 3. The molecule has 0 aliphatic rings. The predicted molar refractivity (Wildman–Crippen MR) is 77.7 cm³/mol. The van der Waals surface area contributed by atoms with Gasteiger partial charge in [0.15, 0.2) is 5.78 Å². The first-order chi connectivity index (χ1) is 9.02. The number of Topliss-reactive ketones (excluding diaryl/α,β-unsaturated/α-hetero) is 1. The first-order valence-corrected chi connectivity index (χ1v) is 6.92. The van der Waals surface area contributed by atoms with E-state index in [-0.39, 0.29) is 5.78 Å². The molecule has 1 atom stereocenters. The van der Waals surface area contributed by atoms with Crippen LogP contribution in [-0.2, 0) is 0 Å². The summed E-state index contributed by atoms with van der Waals surface area (Å²) < 4.78 is 0. The molecule has 2 aromatic rings. The van der Waals surface area contributed by atoms with Gasteiger partial charge in [0.05, 0.1) is 10.9 Å². The number of rotatable bonds is 3. The monoisotopic (exact) mass is 269 g/mol. The molecule has 0 radical (unpaired) electrons. The number of hydrogen-bond donors (Lipinski definition) is 0. The number of benzene rings is 1. The minimum absolute atomic E-state index is 0.108. The summed E-state index contributed by atoms with van der Waals surface area (Å²) in [6, 6.07) is 11.6. The molecule has 2 nitrogen and oxygen atoms in total. The number of nitriles is 1. The van der Waals surface area contributed by atoms with Crippen molar-refractivity contribution in [2.45, 2.75) is 26.7 Å². The molecule has 1 heterocycles. The molecule has 0 saturated carbocycles. The lowest BCUT2D eigenvalue weighted by Crippen LogP contribution is -2.10. The maximum absolute atomic E-state index is 12.4. The molecule has 0 spiro atoms. The van der Waals surface area contributed by atoms with Gasteiger partial charge in [-0.05, 0) is 49.6 Å². The van der Waals surface area contributed by atoms with E-state index >= 15 is 0 Å². The molecular formula is C16H15NOS. The van der Waals surface area contributed by atoms with Gasteiger partial charge in [0.1, 0.15) is 5.92 Å². The molecule has 1 aromatic carbocycles. The standard InChI is InChI=1S/C16H15NOS/c1-10-4-6-13(8-11(10)2)14(9-17)16(18)15-7-5-12(3)19-15/h4-8,14H,1-3H3. The fourth-order valence-electron chi connectivity index (χ4n) is 1.94. The smallest absolute Gasteiger partial charge is 0.194 e. The normalized spacial score (nSPS) is 11.9. The van der Waals surface area contributed by atoms with Crippen LogP contribution in [0.4, 0.5) is 0 Å². The van der Waals surface area contributed by atoms with Crippen LogP contribution in [0.3, 0.4) is 0 Å². The van der Waals surface area contributed by atoms with Crippen molar-refractivity contribution in [2.24, 2.45) is 0 Å². The van der Waals surface area contributed by atoms with E-state index in [0.29, 0.717) is 4.88 Å². The van der Waals surface area contributed by atoms with Crippen LogP contribution in [-0.4, -0.2) is 5.78 Å². The SMILES string of the molecule is Cc1ccc(C(=O)C(C#N)c2ccc(C)c(C)c2)s1. The number of carbonyl (C=O) groups is 1. The highest BCUT2D eigenvalue weighted by Crippen LogP contribution is 2.26. The maximum atomic E-state index is 12.4. The van der Waals surface area contributed by atoms with Crippen molar-refractivity contribution in [1.29, 1.82) is 5.26 Å². The van der Waals surface area contributed by atoms with Crippen LogP contribution >= 0.6 is 11.3 Å². The maximum Gasteiger partial charge on any atom is 0.194 e. The van der Waals surface area contributed by atoms with Gasteiger partial charge < -0.3 is 0 Å². The van der Waals surface area contributed by atoms with E-state index in [9.17, 15) is 10.1 Å². The number of thiophene rings is 1. The van der Waals surface area contributed by atoms with Gasteiger partial charge in [-0.2, -0.15) is 5.26 Å². The van der Waals surface area contributed by atoms with Crippen molar-refractivity contribution in [2.75, 3.05) is 0 Å². The molecule has 0 N–H and O–H groups in total. The molecule has 0 amide bonds. The summed E-state index contributed by atoms with van der Waals surface area (Å²) in [6.45, 7) is 5.97. The van der Waals surface area contributed by atoms with Crippen molar-refractivity contribution in [1.82, 2.24) is 0 Å². The van der Waals surface area contributed by atoms with Crippen molar-refractivity contribution in [3.05, 3.63) is 56.8 Å². The van der Waals surface area contributed by atoms with Crippen molar-refractivity contribution in [3.63, 3.8) is 0 Å². The van der Waals surface area contributed by atoms with Gasteiger partial charge in [0.25, 0.3) is 0 Å². The van der Waals surface area contributed by atoms with Crippen LogP contribution in [0.15, 0.2) is 30.3 Å². The Bertz CT molecular complexity index is 664. The summed E-state index contributed by atoms with van der Waals surface area (Å²) in [4.78, 5) is 14.1. The molecule has 96 valence electrons. The Morgan fingerprint density at radius 2 is 1.89 bits per heavy atom. The molecule has 0 bridgehead atoms. The first kappa shape index (κ1) is 13.5. The molecule has 3 heteroatoms. The second kappa shape index (κ2) is 5.38. The largest absolute Gasteiger partial charge is 0.291 e. The highest BCUT2D eigenvalue weighted by Gasteiger charge is 2.23. The van der Waals surface area contributed by atoms with Crippen molar-refractivity contribution < 1.29 is 4.79 Å². The summed E-state index contributed by atoms with van der Waals surface area (Å²) >= 11 is 1.44. The molecule has 19 heavy (non-hydrogen) atoms. The third-order valence-electron chi connectivity index (χ3n) is 3.24. The van der Waals surface area contributed by atoms with Gasteiger partial charge in [0.2, 0.25) is 0 Å². The Balaban J connectivity index is 2.37. The van der Waals surface area contributed by atoms with Crippen LogP contribution in [0.5, 0.6) is 0 Å². The fraction of sp³-hybridized carbons (Fsp3) is 0.250. The quantitative estimate of drug-likeness (QED) is 0.785. The fourth-order valence-corrected chi connectivity index (χ4v) is 2.78. The predicted octanol–water partition coefficient (Wildman–Crippen LogP) is 4.16. The highest BCUT2D eigenvalue weighted by atomic mass is 32.1. The summed E-state index contributed by atoms with van der Waals surface area (Å²) in [7, 11) is 0. The summed E-state index contributed by atoms with van der Waals surface area (Å²) in [5.41, 5.74) is 3.05. The van der Waals surface area contributed by atoms with E-state index in [1.54, 1.807) is 6.07 Å². The summed E-state index contributed by atoms with van der Waals surface area (Å²) in [6.07, 6.45) is 0. The van der Waals surface area contributed by atoms with Crippen LogP contribution in [0, 0.1) is 32.1 Å². The number of carbonyl (C=O) groups excluding carboxylic acids is 1. The van der Waals surface area contributed by atoms with Crippen molar-refractivity contribution in [3.8, 4) is 6.07 Å². The third-order valence-corrected chi connectivity index (χ3v) is 4.25. The minimum atomic E-state index is -0.711. The molecule has 1 unspecified atom stereocenters. The zero-order chi connectivity index (χ0) is 14.0. The highest BCUT2D eigenvalue weighted by molar-refractivity contribution is 7.14. The summed E-state index contributed by atoms with van der Waals surface area (Å²) in [5, 5.41) is 9.31. The second-order valence-corrected chi connectivity index (χ2v) is 5.97. The lowest BCUT2D eigenvalue weighted by molar-refractivity contribution is 0.0983. The average Bonchev–Trinajstić information content (AvgIpc) is 2.81. The molecule has 0 aliphatic carbocycles. The van der Waals surface area contributed by atoms with E-state index in [1.165, 1.54) is 16.9 Å². The van der Waals surface area contributed by atoms with E-state index in [2.05, 4.69) is 6.07 Å². The molecular weight excluding hydrogens is 254 g/mol. The summed E-state index contributed by atoms with van der Waals surface area (Å²) in [5.74, 6) is -0.818. The lowest BCUT2D eigenvalue weighted by Gasteiger charge is -2.09. The molecule has 0 saturated heterocycles. The van der Waals surface area contributed by atoms with Gasteiger partial charge in [-0.25, -0.2) is 0 Å². The Kier molecular flexibility index (Phi) is 3.82. The van der Waals surface area contributed by atoms with Crippen LogP contribution in [0.25, 0.3) is 0 Å². The number of ketones is 1. The number of aryl methyl sites for hydroxylation is 3. The van der Waals surface area contributed by atoms with Gasteiger partial charge in [-0.15, -0.1) is 11.3 Å². The molecule has 0 aliphatic heterocycles. The Labute approximate surface area is 117 Å². The first-order valence-electron chi connectivity index (χ1n) is 6.10. The van der Waals surface area contributed by atoms with E-state index in [4.69, 9.17) is 0 Å². The Morgan fingerprint density at radius 3 is 2.42 bits per heavy atom. The Hall–Kier alpha value is -1.92. The molecule has 1 aromatic heterocycles. The molecule has 0 fully saturated rings. The minimum Gasteiger partial charge on any atom is -0.291 e. The number of nitrogens with zero attached hydrogens (tertiary/aromatic N) is 1. The third kappa shape index (κ3) is 2.74.